The molecule has 1 atom stereocenters. The molecule has 0 radical (unpaired) electrons. The monoisotopic (exact) mass is 389 g/mol. The number of ether oxygens (including phenoxy) is 1. The van der Waals surface area contributed by atoms with E-state index >= 15 is 0 Å². The molecular formula is C24H27N3O2. The van der Waals surface area contributed by atoms with Gasteiger partial charge in [-0.15, -0.1) is 0 Å². The minimum atomic E-state index is -0.104. The fourth-order valence-electron chi connectivity index (χ4n) is 3.13. The molecule has 1 fully saturated rings. The SMILES string of the molecule is CN=CC(=CN)COc1cc(C)n([C@H](C)c2ccc(C#CC3CC3)cc2)c(=O)c1. The van der Waals surface area contributed by atoms with E-state index in [9.17, 15) is 4.79 Å². The van der Waals surface area contributed by atoms with E-state index in [1.807, 2.05) is 44.2 Å². The van der Waals surface area contributed by atoms with E-state index in [0.717, 1.165) is 22.4 Å². The van der Waals surface area contributed by atoms with Crippen molar-refractivity contribution >= 4 is 6.21 Å². The number of nitrogens with zero attached hydrogens (tertiary/aromatic N) is 2. The zero-order valence-electron chi connectivity index (χ0n) is 17.2. The molecule has 0 amide bonds. The quantitative estimate of drug-likeness (QED) is 0.608. The second kappa shape index (κ2) is 9.29. The first-order valence-corrected chi connectivity index (χ1v) is 9.82. The van der Waals surface area contributed by atoms with Crippen LogP contribution in [-0.2, 0) is 0 Å². The Bertz CT molecular complexity index is 1030. The van der Waals surface area contributed by atoms with Gasteiger partial charge in [-0.25, -0.2) is 0 Å². The molecule has 29 heavy (non-hydrogen) atoms. The van der Waals surface area contributed by atoms with Gasteiger partial charge in [0.1, 0.15) is 12.4 Å². The maximum Gasteiger partial charge on any atom is 0.254 e. The maximum atomic E-state index is 12.8. The summed E-state index contributed by atoms with van der Waals surface area (Å²) in [6, 6.07) is 11.4. The molecule has 1 aliphatic rings. The number of aromatic nitrogens is 1. The normalized spacial score (nSPS) is 15.1. The summed E-state index contributed by atoms with van der Waals surface area (Å²) in [6.07, 6.45) is 5.52. The minimum Gasteiger partial charge on any atom is -0.489 e. The molecule has 0 bridgehead atoms. The number of aryl methyl sites for hydroxylation is 1. The van der Waals surface area contributed by atoms with E-state index in [1.54, 1.807) is 17.8 Å². The van der Waals surface area contributed by atoms with Crippen molar-refractivity contribution in [3.63, 3.8) is 0 Å². The van der Waals surface area contributed by atoms with Gasteiger partial charge in [-0.1, -0.05) is 24.0 Å². The molecule has 5 nitrogen and oxygen atoms in total. The first-order valence-electron chi connectivity index (χ1n) is 9.82. The standard InChI is InChI=1S/C24H27N3O2/c1-17-12-23(29-16-21(14-25)15-26-3)13-24(28)27(17)18(2)22-10-8-20(9-11-22)7-6-19-4-5-19/h8-15,18-19H,4-5,16,25H2,1-3H3/t18-/m1/s1. The van der Waals surface area contributed by atoms with Gasteiger partial charge in [-0.05, 0) is 50.5 Å². The molecule has 5 heteroatoms. The molecule has 1 aromatic carbocycles. The third-order valence-corrected chi connectivity index (χ3v) is 4.93. The van der Waals surface area contributed by atoms with Crippen LogP contribution in [0.25, 0.3) is 0 Å². The fraction of sp³-hybridized carbons (Fsp3) is 0.333. The summed E-state index contributed by atoms with van der Waals surface area (Å²) in [5, 5.41) is 0. The molecule has 0 saturated heterocycles. The average Bonchev–Trinajstić information content (AvgIpc) is 3.54. The maximum absolute atomic E-state index is 12.8. The molecule has 0 aliphatic heterocycles. The number of nitrogens with two attached hydrogens (primary N) is 1. The Morgan fingerprint density at radius 3 is 2.66 bits per heavy atom. The molecule has 1 heterocycles. The highest BCUT2D eigenvalue weighted by atomic mass is 16.5. The van der Waals surface area contributed by atoms with Gasteiger partial charge in [0.2, 0.25) is 0 Å². The lowest BCUT2D eigenvalue weighted by atomic mass is 10.1. The highest BCUT2D eigenvalue weighted by molar-refractivity contribution is 5.78. The summed E-state index contributed by atoms with van der Waals surface area (Å²) in [5.74, 6) is 7.60. The number of pyridine rings is 1. The smallest absolute Gasteiger partial charge is 0.254 e. The van der Waals surface area contributed by atoms with Gasteiger partial charge in [0.15, 0.2) is 0 Å². The number of hydrogen-bond acceptors (Lipinski definition) is 4. The van der Waals surface area contributed by atoms with Crippen LogP contribution in [0.5, 0.6) is 5.75 Å². The lowest BCUT2D eigenvalue weighted by Gasteiger charge is -2.19. The van der Waals surface area contributed by atoms with Gasteiger partial charge in [0.25, 0.3) is 5.56 Å². The van der Waals surface area contributed by atoms with E-state index in [1.165, 1.54) is 25.1 Å². The van der Waals surface area contributed by atoms with Gasteiger partial charge >= 0.3 is 0 Å². The third-order valence-electron chi connectivity index (χ3n) is 4.93. The first-order chi connectivity index (χ1) is 14.0. The number of rotatable bonds is 6. The van der Waals surface area contributed by atoms with Gasteiger partial charge in [-0.3, -0.25) is 9.79 Å². The van der Waals surface area contributed by atoms with E-state index < -0.39 is 0 Å². The van der Waals surface area contributed by atoms with E-state index in [4.69, 9.17) is 10.5 Å². The lowest BCUT2D eigenvalue weighted by molar-refractivity contribution is 0.355. The van der Waals surface area contributed by atoms with Crippen molar-refractivity contribution in [2.45, 2.75) is 32.7 Å². The third kappa shape index (κ3) is 5.39. The molecule has 2 N–H and O–H groups in total. The van der Waals surface area contributed by atoms with Crippen molar-refractivity contribution < 1.29 is 4.74 Å². The zero-order valence-corrected chi connectivity index (χ0v) is 17.2. The molecule has 1 saturated carbocycles. The second-order valence-electron chi connectivity index (χ2n) is 7.30. The number of aliphatic imine (C=N–C) groups is 1. The molecule has 0 unspecified atom stereocenters. The Balaban J connectivity index is 1.76. The highest BCUT2D eigenvalue weighted by Gasteiger charge is 2.18. The second-order valence-corrected chi connectivity index (χ2v) is 7.30. The van der Waals surface area contributed by atoms with Crippen LogP contribution in [0.15, 0.2) is 58.0 Å². The molecule has 150 valence electrons. The molecule has 0 spiro atoms. The Morgan fingerprint density at radius 2 is 2.07 bits per heavy atom. The summed E-state index contributed by atoms with van der Waals surface area (Å²) >= 11 is 0. The molecule has 3 rings (SSSR count). The highest BCUT2D eigenvalue weighted by Crippen LogP contribution is 2.27. The van der Waals surface area contributed by atoms with Crippen LogP contribution < -0.4 is 16.0 Å². The van der Waals surface area contributed by atoms with Crippen LogP contribution in [0.3, 0.4) is 0 Å². The van der Waals surface area contributed by atoms with E-state index in [-0.39, 0.29) is 18.2 Å². The van der Waals surface area contributed by atoms with Gasteiger partial charge in [0.05, 0.1) is 6.04 Å². The van der Waals surface area contributed by atoms with Crippen LogP contribution in [-0.4, -0.2) is 24.4 Å². The van der Waals surface area contributed by atoms with E-state index in [2.05, 4.69) is 16.8 Å². The average molecular weight is 389 g/mol. The van der Waals surface area contributed by atoms with Crippen molar-refractivity contribution in [3.05, 3.63) is 75.3 Å². The Morgan fingerprint density at radius 1 is 1.34 bits per heavy atom. The number of hydrogen-bond donors (Lipinski definition) is 1. The van der Waals surface area contributed by atoms with E-state index in [0.29, 0.717) is 11.7 Å². The Kier molecular flexibility index (Phi) is 6.56. The van der Waals surface area contributed by atoms with Crippen molar-refractivity contribution in [1.82, 2.24) is 4.57 Å². The van der Waals surface area contributed by atoms with Crippen molar-refractivity contribution in [2.75, 3.05) is 13.7 Å². The molecular weight excluding hydrogens is 362 g/mol. The molecule has 1 aromatic heterocycles. The van der Waals surface area contributed by atoms with Crippen LogP contribution in [0.1, 0.15) is 42.6 Å². The van der Waals surface area contributed by atoms with Crippen molar-refractivity contribution in [3.8, 4) is 17.6 Å². The predicted molar refractivity (Wildman–Crippen MR) is 117 cm³/mol. The van der Waals surface area contributed by atoms with Gasteiger partial charge < -0.3 is 15.0 Å². The van der Waals surface area contributed by atoms with Gasteiger partial charge in [0, 0.05) is 48.3 Å². The summed E-state index contributed by atoms with van der Waals surface area (Å²) in [5.41, 5.74) is 9.10. The topological polar surface area (TPSA) is 69.6 Å². The Labute approximate surface area is 171 Å². The Hall–Kier alpha value is -3.26. The first kappa shape index (κ1) is 20.5. The summed E-state index contributed by atoms with van der Waals surface area (Å²) < 4.78 is 7.48. The van der Waals surface area contributed by atoms with Crippen LogP contribution in [0.2, 0.25) is 0 Å². The lowest BCUT2D eigenvalue weighted by Crippen LogP contribution is -2.25. The van der Waals surface area contributed by atoms with Crippen LogP contribution in [0, 0.1) is 24.7 Å². The van der Waals surface area contributed by atoms with Crippen molar-refractivity contribution in [2.24, 2.45) is 16.6 Å². The summed E-state index contributed by atoms with van der Waals surface area (Å²) in [6.45, 7) is 4.19. The predicted octanol–water partition coefficient (Wildman–Crippen LogP) is 3.45. The summed E-state index contributed by atoms with van der Waals surface area (Å²) in [4.78, 5) is 16.7. The summed E-state index contributed by atoms with van der Waals surface area (Å²) in [7, 11) is 1.67. The molecule has 1 aliphatic carbocycles. The molecule has 2 aromatic rings. The number of benzene rings is 1. The fourth-order valence-corrected chi connectivity index (χ4v) is 3.13. The van der Waals surface area contributed by atoms with Gasteiger partial charge in [-0.2, -0.15) is 0 Å². The van der Waals surface area contributed by atoms with Crippen LogP contribution >= 0.6 is 0 Å². The minimum absolute atomic E-state index is 0.0892. The largest absolute Gasteiger partial charge is 0.489 e. The van der Waals surface area contributed by atoms with Crippen molar-refractivity contribution in [1.29, 1.82) is 0 Å². The van der Waals surface area contributed by atoms with Crippen LogP contribution in [0.4, 0.5) is 0 Å². The zero-order chi connectivity index (χ0) is 20.8.